The van der Waals surface area contributed by atoms with Crippen LogP contribution in [0.4, 0.5) is 5.69 Å². The standard InChI is InChI=1S/C13H11NO4S.H2O4S/c1-10-2-6-12(7-3-10)19(17,18)13-8-4-11(5-9-13)14(15)16;1-5(2,3)4/h2-9H,1H3;(H2,1,2,3,4). The molecule has 0 unspecified atom stereocenters. The summed E-state index contributed by atoms with van der Waals surface area (Å²) in [6.07, 6.45) is 0. The van der Waals surface area contributed by atoms with Gasteiger partial charge in [-0.2, -0.15) is 8.42 Å². The first-order valence-corrected chi connectivity index (χ1v) is 9.05. The Balaban J connectivity index is 0.000000505. The van der Waals surface area contributed by atoms with Crippen LogP contribution in [0, 0.1) is 17.0 Å². The van der Waals surface area contributed by atoms with E-state index in [1.165, 1.54) is 36.4 Å². The minimum atomic E-state index is -4.67. The summed E-state index contributed by atoms with van der Waals surface area (Å²) in [6.45, 7) is 1.86. The van der Waals surface area contributed by atoms with E-state index in [2.05, 4.69) is 0 Å². The predicted octanol–water partition coefficient (Wildman–Crippen LogP) is 2.08. The van der Waals surface area contributed by atoms with Crippen molar-refractivity contribution in [3.8, 4) is 0 Å². The molecule has 2 N–H and O–H groups in total. The van der Waals surface area contributed by atoms with Crippen molar-refractivity contribution in [2.45, 2.75) is 16.7 Å². The highest BCUT2D eigenvalue weighted by Crippen LogP contribution is 2.23. The monoisotopic (exact) mass is 375 g/mol. The number of nitrogens with zero attached hydrogens (tertiary/aromatic N) is 1. The van der Waals surface area contributed by atoms with Crippen molar-refractivity contribution in [2.75, 3.05) is 0 Å². The van der Waals surface area contributed by atoms with E-state index >= 15 is 0 Å². The highest BCUT2D eigenvalue weighted by molar-refractivity contribution is 7.91. The fourth-order valence-electron chi connectivity index (χ4n) is 1.60. The summed E-state index contributed by atoms with van der Waals surface area (Å²) in [5.74, 6) is 0. The molecular formula is C13H13NO8S2. The topological polar surface area (TPSA) is 152 Å². The van der Waals surface area contributed by atoms with E-state index < -0.39 is 25.2 Å². The summed E-state index contributed by atoms with van der Waals surface area (Å²) in [4.78, 5) is 10.2. The van der Waals surface area contributed by atoms with E-state index in [9.17, 15) is 18.5 Å². The molecule has 0 aliphatic rings. The van der Waals surface area contributed by atoms with Gasteiger partial charge in [0, 0.05) is 12.1 Å². The van der Waals surface area contributed by atoms with Crippen LogP contribution in [0.1, 0.15) is 5.56 Å². The van der Waals surface area contributed by atoms with E-state index in [1.807, 2.05) is 6.92 Å². The summed E-state index contributed by atoms with van der Waals surface area (Å²) >= 11 is 0. The Hall–Kier alpha value is -2.34. The minimum absolute atomic E-state index is 0.0435. The molecule has 0 aliphatic heterocycles. The number of hydrogen-bond donors (Lipinski definition) is 2. The molecule has 2 rings (SSSR count). The van der Waals surface area contributed by atoms with Gasteiger partial charge in [-0.1, -0.05) is 17.7 Å². The van der Waals surface area contributed by atoms with Crippen molar-refractivity contribution in [3.63, 3.8) is 0 Å². The van der Waals surface area contributed by atoms with Gasteiger partial charge in [0.2, 0.25) is 9.84 Å². The number of benzene rings is 2. The molecule has 0 aromatic heterocycles. The molecule has 0 amide bonds. The maximum Gasteiger partial charge on any atom is 0.394 e. The third-order valence-corrected chi connectivity index (χ3v) is 4.47. The molecule has 0 aliphatic carbocycles. The number of nitro benzene ring substituents is 1. The molecule has 0 fully saturated rings. The third kappa shape index (κ3) is 6.04. The van der Waals surface area contributed by atoms with Crippen molar-refractivity contribution in [1.29, 1.82) is 0 Å². The van der Waals surface area contributed by atoms with Crippen LogP contribution in [0.3, 0.4) is 0 Å². The molecule has 9 nitrogen and oxygen atoms in total. The SMILES string of the molecule is Cc1ccc(S(=O)(=O)c2ccc([N+](=O)[O-])cc2)cc1.O=S(=O)(O)O. The van der Waals surface area contributed by atoms with Crippen molar-refractivity contribution in [3.05, 3.63) is 64.2 Å². The fourth-order valence-corrected chi connectivity index (χ4v) is 2.86. The Kier molecular flexibility index (Phi) is 6.15. The van der Waals surface area contributed by atoms with Gasteiger partial charge in [-0.25, -0.2) is 8.42 Å². The minimum Gasteiger partial charge on any atom is -0.264 e. The second kappa shape index (κ2) is 7.49. The van der Waals surface area contributed by atoms with Gasteiger partial charge in [0.25, 0.3) is 5.69 Å². The van der Waals surface area contributed by atoms with E-state index in [-0.39, 0.29) is 15.5 Å². The molecule has 0 saturated heterocycles. The van der Waals surface area contributed by atoms with Crippen LogP contribution in [-0.2, 0) is 20.2 Å². The van der Waals surface area contributed by atoms with E-state index in [0.717, 1.165) is 5.56 Å². The summed E-state index contributed by atoms with van der Waals surface area (Å²) in [5, 5.41) is 10.5. The second-order valence-electron chi connectivity index (χ2n) is 4.52. The fraction of sp³-hybridized carbons (Fsp3) is 0.0769. The molecule has 0 atom stereocenters. The lowest BCUT2D eigenvalue weighted by molar-refractivity contribution is -0.384. The normalized spacial score (nSPS) is 11.3. The molecule has 130 valence electrons. The van der Waals surface area contributed by atoms with Gasteiger partial charge in [0.15, 0.2) is 0 Å². The van der Waals surface area contributed by atoms with Gasteiger partial charge in [-0.05, 0) is 31.2 Å². The van der Waals surface area contributed by atoms with E-state index in [4.69, 9.17) is 17.5 Å². The van der Waals surface area contributed by atoms with Crippen molar-refractivity contribution >= 4 is 25.9 Å². The maximum atomic E-state index is 12.3. The first-order valence-electron chi connectivity index (χ1n) is 6.17. The molecule has 0 heterocycles. The lowest BCUT2D eigenvalue weighted by Crippen LogP contribution is -2.02. The van der Waals surface area contributed by atoms with Gasteiger partial charge in [-0.15, -0.1) is 0 Å². The van der Waals surface area contributed by atoms with Crippen molar-refractivity contribution < 1.29 is 30.9 Å². The molecule has 0 bridgehead atoms. The highest BCUT2D eigenvalue weighted by atomic mass is 32.3. The Labute approximate surface area is 138 Å². The predicted molar refractivity (Wildman–Crippen MR) is 83.9 cm³/mol. The van der Waals surface area contributed by atoms with Gasteiger partial charge >= 0.3 is 10.4 Å². The van der Waals surface area contributed by atoms with Crippen LogP contribution in [0.2, 0.25) is 0 Å². The Morgan fingerprint density at radius 1 is 0.833 bits per heavy atom. The molecule has 0 radical (unpaired) electrons. The summed E-state index contributed by atoms with van der Waals surface area (Å²) in [5.41, 5.74) is 0.825. The molecule has 24 heavy (non-hydrogen) atoms. The average Bonchev–Trinajstić information content (AvgIpc) is 2.46. The third-order valence-electron chi connectivity index (χ3n) is 2.69. The smallest absolute Gasteiger partial charge is 0.264 e. The van der Waals surface area contributed by atoms with Crippen LogP contribution in [-0.4, -0.2) is 30.9 Å². The average molecular weight is 375 g/mol. The second-order valence-corrected chi connectivity index (χ2v) is 7.36. The number of hydrogen-bond acceptors (Lipinski definition) is 6. The van der Waals surface area contributed by atoms with Crippen LogP contribution >= 0.6 is 0 Å². The van der Waals surface area contributed by atoms with Crippen LogP contribution in [0.25, 0.3) is 0 Å². The zero-order valence-corrected chi connectivity index (χ0v) is 13.9. The molecule has 2 aromatic rings. The number of non-ortho nitro benzene ring substituents is 1. The maximum absolute atomic E-state index is 12.3. The Morgan fingerprint density at radius 3 is 1.50 bits per heavy atom. The van der Waals surface area contributed by atoms with Gasteiger partial charge in [-0.3, -0.25) is 19.2 Å². The molecule has 11 heteroatoms. The van der Waals surface area contributed by atoms with Gasteiger partial charge < -0.3 is 0 Å². The molecule has 0 spiro atoms. The van der Waals surface area contributed by atoms with E-state index in [0.29, 0.717) is 0 Å². The van der Waals surface area contributed by atoms with Crippen LogP contribution in [0.5, 0.6) is 0 Å². The highest BCUT2D eigenvalue weighted by Gasteiger charge is 2.18. The number of rotatable bonds is 3. The largest absolute Gasteiger partial charge is 0.394 e. The van der Waals surface area contributed by atoms with Gasteiger partial charge in [0.05, 0.1) is 14.7 Å². The Bertz CT molecular complexity index is 909. The van der Waals surface area contributed by atoms with Gasteiger partial charge in [0.1, 0.15) is 0 Å². The zero-order chi connectivity index (χ0) is 18.5. The molecule has 0 saturated carbocycles. The summed E-state index contributed by atoms with van der Waals surface area (Å²) < 4.78 is 56.1. The van der Waals surface area contributed by atoms with Crippen molar-refractivity contribution in [1.82, 2.24) is 0 Å². The Morgan fingerprint density at radius 2 is 1.17 bits per heavy atom. The lowest BCUT2D eigenvalue weighted by Gasteiger charge is -2.04. The molecule has 2 aromatic carbocycles. The molecular weight excluding hydrogens is 362 g/mol. The lowest BCUT2D eigenvalue weighted by atomic mass is 10.2. The summed E-state index contributed by atoms with van der Waals surface area (Å²) in [7, 11) is -8.29. The summed E-state index contributed by atoms with van der Waals surface area (Å²) in [6, 6.07) is 11.3. The zero-order valence-electron chi connectivity index (χ0n) is 12.2. The van der Waals surface area contributed by atoms with E-state index in [1.54, 1.807) is 12.1 Å². The number of sulfone groups is 1. The number of nitro groups is 1. The first kappa shape index (κ1) is 19.7. The number of aryl methyl sites for hydroxylation is 1. The van der Waals surface area contributed by atoms with Crippen molar-refractivity contribution in [2.24, 2.45) is 0 Å². The first-order chi connectivity index (χ1) is 10.9. The van der Waals surface area contributed by atoms with Crippen LogP contribution in [0.15, 0.2) is 58.3 Å². The van der Waals surface area contributed by atoms with Crippen LogP contribution < -0.4 is 0 Å². The quantitative estimate of drug-likeness (QED) is 0.470.